The molecule has 0 saturated heterocycles. The van der Waals surface area contributed by atoms with E-state index < -0.39 is 0 Å². The van der Waals surface area contributed by atoms with Gasteiger partial charge in [-0.25, -0.2) is 0 Å². The van der Waals surface area contributed by atoms with E-state index in [1.165, 1.54) is 5.56 Å². The van der Waals surface area contributed by atoms with E-state index in [1.807, 2.05) is 24.5 Å². The second-order valence-corrected chi connectivity index (χ2v) is 6.14. The zero-order valence-electron chi connectivity index (χ0n) is 13.5. The van der Waals surface area contributed by atoms with Gasteiger partial charge in [-0.05, 0) is 31.2 Å². The third-order valence-corrected chi connectivity index (χ3v) is 4.07. The zero-order valence-corrected chi connectivity index (χ0v) is 13.5. The number of aromatic nitrogens is 3. The van der Waals surface area contributed by atoms with Gasteiger partial charge < -0.3 is 16.2 Å². The number of nitrogen functional groups attached to an aromatic ring is 2. The fraction of sp³-hybridized carbons (Fsp3) is 0.438. The first kappa shape index (κ1) is 15.5. The second-order valence-electron chi connectivity index (χ2n) is 6.14. The van der Waals surface area contributed by atoms with Crippen LogP contribution in [0.4, 0.5) is 11.8 Å². The van der Waals surface area contributed by atoms with E-state index in [1.54, 1.807) is 0 Å². The first-order valence-corrected chi connectivity index (χ1v) is 7.71. The average molecular weight is 314 g/mol. The van der Waals surface area contributed by atoms with E-state index in [-0.39, 0.29) is 11.5 Å². The van der Waals surface area contributed by atoms with Gasteiger partial charge >= 0.3 is 0 Å². The van der Waals surface area contributed by atoms with Crippen molar-refractivity contribution in [3.8, 4) is 5.88 Å². The highest BCUT2D eigenvalue weighted by Crippen LogP contribution is 2.37. The minimum absolute atomic E-state index is 0.148. The molecule has 0 unspecified atom stereocenters. The van der Waals surface area contributed by atoms with Crippen molar-refractivity contribution in [2.75, 3.05) is 24.6 Å². The first-order chi connectivity index (χ1) is 11.0. The van der Waals surface area contributed by atoms with Crippen LogP contribution in [0, 0.1) is 0 Å². The Hall–Kier alpha value is -2.41. The number of anilines is 2. The lowest BCUT2D eigenvalue weighted by Crippen LogP contribution is -2.44. The van der Waals surface area contributed by atoms with Crippen LogP contribution < -0.4 is 16.2 Å². The summed E-state index contributed by atoms with van der Waals surface area (Å²) in [4.78, 5) is 14.6. The molecule has 0 bridgehead atoms. The molecule has 23 heavy (non-hydrogen) atoms. The lowest BCUT2D eigenvalue weighted by atomic mass is 9.99. The third kappa shape index (κ3) is 3.34. The van der Waals surface area contributed by atoms with Crippen LogP contribution in [0.2, 0.25) is 0 Å². The summed E-state index contributed by atoms with van der Waals surface area (Å²) < 4.78 is 6.06. The number of fused-ring (bicyclic) bond motifs is 1. The summed E-state index contributed by atoms with van der Waals surface area (Å²) >= 11 is 0. The van der Waals surface area contributed by atoms with Crippen LogP contribution in [0.5, 0.6) is 5.88 Å². The van der Waals surface area contributed by atoms with Crippen molar-refractivity contribution in [2.24, 2.45) is 0 Å². The molecule has 0 radical (unpaired) electrons. The molecule has 2 aromatic rings. The minimum atomic E-state index is -0.387. The van der Waals surface area contributed by atoms with Gasteiger partial charge in [0.1, 0.15) is 11.4 Å². The fourth-order valence-electron chi connectivity index (χ4n) is 2.98. The van der Waals surface area contributed by atoms with Gasteiger partial charge in [-0.3, -0.25) is 9.88 Å². The van der Waals surface area contributed by atoms with Gasteiger partial charge in [0, 0.05) is 31.9 Å². The van der Waals surface area contributed by atoms with Gasteiger partial charge in [0.15, 0.2) is 0 Å². The van der Waals surface area contributed by atoms with Crippen molar-refractivity contribution >= 4 is 11.8 Å². The highest BCUT2D eigenvalue weighted by Gasteiger charge is 2.39. The predicted octanol–water partition coefficient (Wildman–Crippen LogP) is 1.25. The quantitative estimate of drug-likeness (QED) is 0.856. The maximum atomic E-state index is 6.06. The Morgan fingerprint density at radius 3 is 2.70 bits per heavy atom. The molecular formula is C16H22N6O. The van der Waals surface area contributed by atoms with Crippen molar-refractivity contribution in [2.45, 2.75) is 32.4 Å². The van der Waals surface area contributed by atoms with Gasteiger partial charge in [-0.1, -0.05) is 6.92 Å². The summed E-state index contributed by atoms with van der Waals surface area (Å²) in [5.74, 6) is 1.07. The smallest absolute Gasteiger partial charge is 0.225 e. The van der Waals surface area contributed by atoms with Crippen LogP contribution in [0.25, 0.3) is 0 Å². The number of hydrogen-bond acceptors (Lipinski definition) is 7. The van der Waals surface area contributed by atoms with E-state index in [4.69, 9.17) is 16.2 Å². The molecule has 0 aromatic carbocycles. The standard InChI is InChI=1S/C16H22N6O/c1-3-22(9-11-4-6-19-7-5-11)10-16(2)8-12-13(17)20-15(18)21-14(12)23-16/h4-7H,3,8-10H2,1-2H3,(H4,17,18,20,21)/t16-/m1/s1. The Balaban J connectivity index is 1.73. The summed E-state index contributed by atoms with van der Waals surface area (Å²) in [6.07, 6.45) is 4.30. The largest absolute Gasteiger partial charge is 0.469 e. The third-order valence-electron chi connectivity index (χ3n) is 4.07. The van der Waals surface area contributed by atoms with Crippen LogP contribution in [-0.2, 0) is 13.0 Å². The number of ether oxygens (including phenoxy) is 1. The summed E-state index contributed by atoms with van der Waals surface area (Å²) in [5, 5.41) is 0. The average Bonchev–Trinajstić information content (AvgIpc) is 2.84. The number of rotatable bonds is 5. The normalized spacial score (nSPS) is 19.6. The second kappa shape index (κ2) is 6.00. The Morgan fingerprint density at radius 2 is 2.00 bits per heavy atom. The van der Waals surface area contributed by atoms with Crippen LogP contribution in [-0.4, -0.2) is 38.5 Å². The number of nitrogens with zero attached hydrogens (tertiary/aromatic N) is 4. The summed E-state index contributed by atoms with van der Waals surface area (Å²) in [5.41, 5.74) is 13.3. The number of pyridine rings is 1. The molecule has 7 nitrogen and oxygen atoms in total. The molecule has 1 atom stereocenters. The molecule has 0 spiro atoms. The predicted molar refractivity (Wildman–Crippen MR) is 88.8 cm³/mol. The highest BCUT2D eigenvalue weighted by molar-refractivity contribution is 5.52. The lowest BCUT2D eigenvalue weighted by Gasteiger charge is -2.31. The van der Waals surface area contributed by atoms with Crippen molar-refractivity contribution in [3.05, 3.63) is 35.7 Å². The molecule has 3 heterocycles. The Bertz CT molecular complexity index is 692. The Morgan fingerprint density at radius 1 is 1.26 bits per heavy atom. The topological polar surface area (TPSA) is 103 Å². The number of nitrogens with two attached hydrogens (primary N) is 2. The van der Waals surface area contributed by atoms with Crippen molar-refractivity contribution in [3.63, 3.8) is 0 Å². The van der Waals surface area contributed by atoms with Crippen LogP contribution in [0.15, 0.2) is 24.5 Å². The van der Waals surface area contributed by atoms with Gasteiger partial charge in [-0.15, -0.1) is 0 Å². The molecule has 122 valence electrons. The van der Waals surface area contributed by atoms with E-state index >= 15 is 0 Å². The van der Waals surface area contributed by atoms with Crippen LogP contribution in [0.3, 0.4) is 0 Å². The molecule has 7 heteroatoms. The molecule has 0 fully saturated rings. The first-order valence-electron chi connectivity index (χ1n) is 7.71. The van der Waals surface area contributed by atoms with Gasteiger partial charge in [0.05, 0.1) is 5.56 Å². The molecule has 1 aliphatic rings. The van der Waals surface area contributed by atoms with E-state index in [0.717, 1.165) is 25.2 Å². The maximum Gasteiger partial charge on any atom is 0.225 e. The van der Waals surface area contributed by atoms with Crippen LogP contribution in [0.1, 0.15) is 25.0 Å². The summed E-state index contributed by atoms with van der Waals surface area (Å²) in [6.45, 7) is 6.73. The SMILES string of the molecule is CCN(Cc1ccncc1)C[C@@]1(C)Cc2c(N)nc(N)nc2O1. The van der Waals surface area contributed by atoms with Crippen molar-refractivity contribution in [1.29, 1.82) is 0 Å². The highest BCUT2D eigenvalue weighted by atomic mass is 16.5. The minimum Gasteiger partial charge on any atom is -0.469 e. The van der Waals surface area contributed by atoms with Crippen LogP contribution >= 0.6 is 0 Å². The van der Waals surface area contributed by atoms with E-state index in [9.17, 15) is 0 Å². The molecule has 4 N–H and O–H groups in total. The molecule has 0 saturated carbocycles. The Kier molecular flexibility index (Phi) is 4.04. The van der Waals surface area contributed by atoms with E-state index in [0.29, 0.717) is 18.1 Å². The molecular weight excluding hydrogens is 292 g/mol. The van der Waals surface area contributed by atoms with Gasteiger partial charge in [0.2, 0.25) is 11.8 Å². The van der Waals surface area contributed by atoms with Gasteiger partial charge in [0.25, 0.3) is 0 Å². The van der Waals surface area contributed by atoms with Crippen molar-refractivity contribution in [1.82, 2.24) is 19.9 Å². The van der Waals surface area contributed by atoms with Gasteiger partial charge in [-0.2, -0.15) is 9.97 Å². The molecule has 1 aliphatic heterocycles. The van der Waals surface area contributed by atoms with Crippen molar-refractivity contribution < 1.29 is 4.74 Å². The lowest BCUT2D eigenvalue weighted by molar-refractivity contribution is 0.0591. The molecule has 3 rings (SSSR count). The summed E-state index contributed by atoms with van der Waals surface area (Å²) in [6, 6.07) is 4.05. The van der Waals surface area contributed by atoms with E-state index in [2.05, 4.69) is 33.7 Å². The molecule has 0 aliphatic carbocycles. The molecule has 0 amide bonds. The maximum absolute atomic E-state index is 6.06. The monoisotopic (exact) mass is 314 g/mol. The Labute approximate surface area is 135 Å². The zero-order chi connectivity index (χ0) is 16.4. The number of hydrogen-bond donors (Lipinski definition) is 2. The summed E-state index contributed by atoms with van der Waals surface area (Å²) in [7, 11) is 0. The molecule has 2 aromatic heterocycles. The fourth-order valence-corrected chi connectivity index (χ4v) is 2.98. The number of likely N-dealkylation sites (N-methyl/N-ethyl adjacent to an activating group) is 1.